The van der Waals surface area contributed by atoms with Crippen molar-refractivity contribution in [1.82, 2.24) is 19.4 Å². The summed E-state index contributed by atoms with van der Waals surface area (Å²) in [6.07, 6.45) is 3.16. The van der Waals surface area contributed by atoms with Crippen molar-refractivity contribution in [3.8, 4) is 11.9 Å². The number of likely N-dealkylation sites (tertiary alicyclic amines) is 1. The molecule has 1 N–H and O–H groups in total. The number of imidazole rings is 1. The Bertz CT molecular complexity index is 1710. The number of carboxylic acid groups (broad SMARTS) is 1. The molecular formula is C32H30FN5O4. The van der Waals surface area contributed by atoms with Gasteiger partial charge in [0.15, 0.2) is 0 Å². The zero-order valence-electron chi connectivity index (χ0n) is 22.9. The van der Waals surface area contributed by atoms with E-state index in [1.807, 2.05) is 18.2 Å². The molecular weight excluding hydrogens is 537 g/mol. The zero-order valence-corrected chi connectivity index (χ0v) is 22.9. The fourth-order valence-corrected chi connectivity index (χ4v) is 6.35. The SMILES string of the molecule is N#Cc1ccc(COc2cccc([C@H]3CCN(Cc4nc5ccc(C(=O)O)cc5n4CC4CCO4)[C@H]4C[C@@H]34)n2)c(F)c1. The largest absolute Gasteiger partial charge is 0.478 e. The van der Waals surface area contributed by atoms with Crippen LogP contribution < -0.4 is 4.74 Å². The number of nitriles is 1. The summed E-state index contributed by atoms with van der Waals surface area (Å²) in [6.45, 7) is 3.07. The molecule has 2 saturated heterocycles. The van der Waals surface area contributed by atoms with Gasteiger partial charge in [-0.25, -0.2) is 19.2 Å². The quantitative estimate of drug-likeness (QED) is 0.304. The first kappa shape index (κ1) is 26.6. The van der Waals surface area contributed by atoms with Crippen LogP contribution in [0.1, 0.15) is 58.2 Å². The van der Waals surface area contributed by atoms with Crippen LogP contribution in [-0.2, 0) is 24.4 Å². The second kappa shape index (κ2) is 10.8. The Morgan fingerprint density at radius 3 is 2.81 bits per heavy atom. The first-order valence-electron chi connectivity index (χ1n) is 14.3. The summed E-state index contributed by atoms with van der Waals surface area (Å²) in [5, 5.41) is 18.5. The Morgan fingerprint density at radius 1 is 1.17 bits per heavy atom. The monoisotopic (exact) mass is 567 g/mol. The van der Waals surface area contributed by atoms with Gasteiger partial charge < -0.3 is 19.1 Å². The van der Waals surface area contributed by atoms with Gasteiger partial charge in [0.25, 0.3) is 0 Å². The van der Waals surface area contributed by atoms with Crippen molar-refractivity contribution < 1.29 is 23.8 Å². The molecule has 0 spiro atoms. The lowest BCUT2D eigenvalue weighted by atomic mass is 9.92. The van der Waals surface area contributed by atoms with Crippen LogP contribution in [0.4, 0.5) is 4.39 Å². The molecule has 2 aliphatic heterocycles. The van der Waals surface area contributed by atoms with Crippen LogP contribution in [0.5, 0.6) is 5.88 Å². The molecule has 4 aromatic rings. The number of fused-ring (bicyclic) bond motifs is 2. The lowest BCUT2D eigenvalue weighted by Gasteiger charge is -2.32. The highest BCUT2D eigenvalue weighted by molar-refractivity contribution is 5.92. The van der Waals surface area contributed by atoms with E-state index in [0.717, 1.165) is 55.0 Å². The number of carboxylic acids is 1. The van der Waals surface area contributed by atoms with Crippen LogP contribution in [0.25, 0.3) is 11.0 Å². The van der Waals surface area contributed by atoms with E-state index in [2.05, 4.69) is 9.47 Å². The molecule has 2 aromatic heterocycles. The predicted octanol–water partition coefficient (Wildman–Crippen LogP) is 4.89. The van der Waals surface area contributed by atoms with Gasteiger partial charge in [0, 0.05) is 35.9 Å². The van der Waals surface area contributed by atoms with E-state index in [-0.39, 0.29) is 23.8 Å². The topological polar surface area (TPSA) is 114 Å². The molecule has 0 amide bonds. The van der Waals surface area contributed by atoms with Gasteiger partial charge in [-0.3, -0.25) is 4.90 Å². The van der Waals surface area contributed by atoms with E-state index in [1.54, 1.807) is 36.4 Å². The molecule has 3 aliphatic rings. The molecule has 4 heterocycles. The van der Waals surface area contributed by atoms with Crippen LogP contribution in [0.3, 0.4) is 0 Å². The zero-order chi connectivity index (χ0) is 28.8. The summed E-state index contributed by atoms with van der Waals surface area (Å²) >= 11 is 0. The second-order valence-corrected chi connectivity index (χ2v) is 11.4. The smallest absolute Gasteiger partial charge is 0.335 e. The van der Waals surface area contributed by atoms with Crippen LogP contribution in [0.15, 0.2) is 54.6 Å². The molecule has 2 aromatic carbocycles. The summed E-state index contributed by atoms with van der Waals surface area (Å²) in [4.78, 5) is 23.8. The third-order valence-corrected chi connectivity index (χ3v) is 8.80. The van der Waals surface area contributed by atoms with E-state index < -0.39 is 11.8 Å². The normalized spacial score (nSPS) is 23.1. The number of hydrogen-bond acceptors (Lipinski definition) is 7. The first-order chi connectivity index (χ1) is 20.5. The number of carbonyl (C=O) groups is 1. The van der Waals surface area contributed by atoms with Gasteiger partial charge in [-0.15, -0.1) is 0 Å². The van der Waals surface area contributed by atoms with E-state index in [9.17, 15) is 14.3 Å². The Morgan fingerprint density at radius 2 is 2.05 bits per heavy atom. The Kier molecular flexibility index (Phi) is 6.84. The van der Waals surface area contributed by atoms with E-state index in [1.165, 1.54) is 6.07 Å². The predicted molar refractivity (Wildman–Crippen MR) is 150 cm³/mol. The molecule has 9 nitrogen and oxygen atoms in total. The third-order valence-electron chi connectivity index (χ3n) is 8.80. The highest BCUT2D eigenvalue weighted by Gasteiger charge is 2.50. The number of nitrogens with zero attached hydrogens (tertiary/aromatic N) is 5. The minimum atomic E-state index is -0.946. The molecule has 1 aliphatic carbocycles. The Hall–Kier alpha value is -4.33. The number of piperidine rings is 1. The molecule has 1 saturated carbocycles. The van der Waals surface area contributed by atoms with Crippen LogP contribution in [0, 0.1) is 23.1 Å². The fourth-order valence-electron chi connectivity index (χ4n) is 6.35. The second-order valence-electron chi connectivity index (χ2n) is 11.4. The Labute approximate surface area is 242 Å². The molecule has 1 unspecified atom stereocenters. The molecule has 42 heavy (non-hydrogen) atoms. The highest BCUT2D eigenvalue weighted by atomic mass is 19.1. The van der Waals surface area contributed by atoms with Gasteiger partial charge in [-0.05, 0) is 68.1 Å². The molecule has 4 atom stereocenters. The van der Waals surface area contributed by atoms with Crippen LogP contribution >= 0.6 is 0 Å². The number of pyridine rings is 1. The van der Waals surface area contributed by atoms with Crippen molar-refractivity contribution in [1.29, 1.82) is 5.26 Å². The maximum Gasteiger partial charge on any atom is 0.335 e. The number of hydrogen-bond donors (Lipinski definition) is 1. The molecule has 0 bridgehead atoms. The van der Waals surface area contributed by atoms with Gasteiger partial charge in [-0.2, -0.15) is 5.26 Å². The summed E-state index contributed by atoms with van der Waals surface area (Å²) in [5.74, 6) is 0.804. The van der Waals surface area contributed by atoms with Crippen molar-refractivity contribution in [3.63, 3.8) is 0 Å². The fraction of sp³-hybridized carbons (Fsp3) is 0.375. The summed E-state index contributed by atoms with van der Waals surface area (Å²) in [7, 11) is 0. The van der Waals surface area contributed by atoms with Gasteiger partial charge in [-0.1, -0.05) is 12.1 Å². The first-order valence-corrected chi connectivity index (χ1v) is 14.3. The summed E-state index contributed by atoms with van der Waals surface area (Å²) in [6, 6.07) is 17.6. The summed E-state index contributed by atoms with van der Waals surface area (Å²) in [5.41, 5.74) is 3.55. The van der Waals surface area contributed by atoms with Crippen LogP contribution in [-0.4, -0.2) is 55.8 Å². The minimum absolute atomic E-state index is 0.0410. The third kappa shape index (κ3) is 5.10. The van der Waals surface area contributed by atoms with Crippen molar-refractivity contribution >= 4 is 17.0 Å². The van der Waals surface area contributed by atoms with Crippen molar-refractivity contribution in [2.45, 2.75) is 57.0 Å². The highest BCUT2D eigenvalue weighted by Crippen LogP contribution is 2.51. The van der Waals surface area contributed by atoms with Gasteiger partial charge in [0.05, 0.1) is 47.4 Å². The maximum atomic E-state index is 14.3. The summed E-state index contributed by atoms with van der Waals surface area (Å²) < 4.78 is 28.0. The number of halogens is 1. The molecule has 0 radical (unpaired) electrons. The molecule has 7 rings (SSSR count). The molecule has 214 valence electrons. The number of ether oxygens (including phenoxy) is 2. The number of rotatable bonds is 9. The van der Waals surface area contributed by atoms with Crippen LogP contribution in [0.2, 0.25) is 0 Å². The van der Waals surface area contributed by atoms with Crippen molar-refractivity contribution in [2.24, 2.45) is 5.92 Å². The number of aromatic carboxylic acids is 1. The van der Waals surface area contributed by atoms with E-state index >= 15 is 0 Å². The number of aromatic nitrogens is 3. The average Bonchev–Trinajstić information content (AvgIpc) is 3.71. The van der Waals surface area contributed by atoms with Gasteiger partial charge in [0.2, 0.25) is 5.88 Å². The lowest BCUT2D eigenvalue weighted by Crippen LogP contribution is -2.36. The Balaban J connectivity index is 1.04. The van der Waals surface area contributed by atoms with Gasteiger partial charge >= 0.3 is 5.97 Å². The minimum Gasteiger partial charge on any atom is -0.478 e. The maximum absolute atomic E-state index is 14.3. The van der Waals surface area contributed by atoms with E-state index in [4.69, 9.17) is 24.7 Å². The average molecular weight is 568 g/mol. The van der Waals surface area contributed by atoms with E-state index in [0.29, 0.717) is 42.4 Å². The standard InChI is InChI=1S/C32H30FN5O4/c33-25-12-19(15-34)4-5-21(25)18-42-31-3-1-2-26(36-31)23-8-10-37(28-14-24(23)28)17-30-35-27-7-6-20(32(39)40)13-29(27)38(30)16-22-9-11-41-22/h1-7,12-13,22-24,28H,8-11,14,16-18H2,(H,39,40)/t22?,23-,24-,28-/m0/s1. The van der Waals surface area contributed by atoms with Gasteiger partial charge in [0.1, 0.15) is 18.2 Å². The molecule has 10 heteroatoms. The number of benzene rings is 2. The van der Waals surface area contributed by atoms with Crippen molar-refractivity contribution in [3.05, 3.63) is 88.6 Å². The van der Waals surface area contributed by atoms with Crippen molar-refractivity contribution in [2.75, 3.05) is 13.2 Å². The molecule has 3 fully saturated rings. The lowest BCUT2D eigenvalue weighted by molar-refractivity contribution is -0.0592.